The highest BCUT2D eigenvalue weighted by Gasteiger charge is 2.26. The number of para-hydroxylation sites is 1. The molecule has 0 radical (unpaired) electrons. The van der Waals surface area contributed by atoms with Gasteiger partial charge in [0.1, 0.15) is 29.2 Å². The van der Waals surface area contributed by atoms with E-state index in [1.54, 1.807) is 18.2 Å². The van der Waals surface area contributed by atoms with Crippen LogP contribution < -0.4 is 4.74 Å². The topological polar surface area (TPSA) is 83.1 Å². The fraction of sp³-hybridized carbons (Fsp3) is 0.231. The van der Waals surface area contributed by atoms with Crippen molar-refractivity contribution in [2.75, 3.05) is 6.54 Å². The molecule has 0 unspecified atom stereocenters. The van der Waals surface area contributed by atoms with E-state index in [2.05, 4.69) is 16.3 Å². The van der Waals surface area contributed by atoms with E-state index in [1.807, 2.05) is 55.7 Å². The molecule has 3 aromatic carbocycles. The van der Waals surface area contributed by atoms with Crippen LogP contribution in [0.1, 0.15) is 33.3 Å². The molecule has 180 valence electrons. The second-order valence-corrected chi connectivity index (χ2v) is 9.38. The Bertz CT molecular complexity index is 1340. The predicted octanol–water partition coefficient (Wildman–Crippen LogP) is 6.02. The summed E-state index contributed by atoms with van der Waals surface area (Å²) in [6.07, 6.45) is 0. The van der Waals surface area contributed by atoms with Crippen molar-refractivity contribution in [3.63, 3.8) is 0 Å². The fourth-order valence-electron chi connectivity index (χ4n) is 3.66. The van der Waals surface area contributed by atoms with Gasteiger partial charge >= 0.3 is 0 Å². The van der Waals surface area contributed by atoms with E-state index in [-0.39, 0.29) is 23.9 Å². The summed E-state index contributed by atoms with van der Waals surface area (Å²) >= 11 is 1.28. The van der Waals surface area contributed by atoms with E-state index in [0.717, 1.165) is 16.8 Å². The Hall–Kier alpha value is -3.72. The van der Waals surface area contributed by atoms with E-state index in [1.165, 1.54) is 29.5 Å². The first-order chi connectivity index (χ1) is 16.8. The number of rotatable bonds is 9. The molecule has 35 heavy (non-hydrogen) atoms. The molecule has 1 aromatic heterocycles. The number of halogens is 1. The third-order valence-electron chi connectivity index (χ3n) is 5.68. The van der Waals surface area contributed by atoms with Gasteiger partial charge in [-0.2, -0.15) is 0 Å². The zero-order valence-corrected chi connectivity index (χ0v) is 20.5. The summed E-state index contributed by atoms with van der Waals surface area (Å²) in [5.74, 6) is 0.904. The van der Waals surface area contributed by atoms with E-state index < -0.39 is 5.25 Å². The lowest BCUT2D eigenvalue weighted by molar-refractivity contribution is -0.479. The molecule has 0 saturated heterocycles. The molecule has 0 spiro atoms. The molecule has 1 heterocycles. The first-order valence-corrected chi connectivity index (χ1v) is 11.9. The Morgan fingerprint density at radius 2 is 1.77 bits per heavy atom. The highest BCUT2D eigenvalue weighted by atomic mass is 32.2. The minimum Gasteiger partial charge on any atom is -0.489 e. The summed E-state index contributed by atoms with van der Waals surface area (Å²) in [5.41, 5.74) is 4.69. The zero-order valence-electron chi connectivity index (χ0n) is 19.6. The summed E-state index contributed by atoms with van der Waals surface area (Å²) in [4.78, 5) is 11.3. The number of nitro groups is 1. The predicted molar refractivity (Wildman–Crippen MR) is 133 cm³/mol. The van der Waals surface area contributed by atoms with Crippen molar-refractivity contribution in [2.45, 2.75) is 37.8 Å². The molecule has 4 aromatic rings. The lowest BCUT2D eigenvalue weighted by Crippen LogP contribution is -2.12. The van der Waals surface area contributed by atoms with Crippen LogP contribution in [0.15, 0.2) is 71.9 Å². The van der Waals surface area contributed by atoms with Gasteiger partial charge in [-0.05, 0) is 67.8 Å². The lowest BCUT2D eigenvalue weighted by atomic mass is 10.1. The SMILES string of the molecule is Cc1ccc(-n2c(C)nnc2S[C@@H](C[N+](=O)[O-])c2ccccc2OCc2ccc(F)cc2)cc1C. The van der Waals surface area contributed by atoms with Crippen LogP contribution >= 0.6 is 11.8 Å². The first-order valence-electron chi connectivity index (χ1n) is 11.1. The number of ether oxygens (including phenoxy) is 1. The van der Waals surface area contributed by atoms with Crippen LogP contribution in [0.3, 0.4) is 0 Å². The maximum atomic E-state index is 13.2. The minimum atomic E-state index is -0.566. The minimum absolute atomic E-state index is 0.213. The Morgan fingerprint density at radius 1 is 1.03 bits per heavy atom. The van der Waals surface area contributed by atoms with Gasteiger partial charge in [-0.15, -0.1) is 10.2 Å². The standard InChI is InChI=1S/C26H25FN4O3S/c1-17-8-13-22(14-18(17)2)31-19(3)28-29-26(31)35-25(15-30(32)33)23-6-4-5-7-24(23)34-16-20-9-11-21(27)12-10-20/h4-14,25H,15-16H2,1-3H3/t25-/m0/s1. The third kappa shape index (κ3) is 5.86. The van der Waals surface area contributed by atoms with Crippen LogP contribution in [-0.4, -0.2) is 26.2 Å². The Kier molecular flexibility index (Phi) is 7.45. The van der Waals surface area contributed by atoms with Crippen molar-refractivity contribution in [3.05, 3.63) is 111 Å². The van der Waals surface area contributed by atoms with Gasteiger partial charge in [0, 0.05) is 16.2 Å². The van der Waals surface area contributed by atoms with E-state index in [4.69, 9.17) is 4.74 Å². The summed E-state index contributed by atoms with van der Waals surface area (Å²) in [6, 6.07) is 19.4. The number of aryl methyl sites for hydroxylation is 3. The van der Waals surface area contributed by atoms with E-state index >= 15 is 0 Å². The molecule has 0 aliphatic carbocycles. The quantitative estimate of drug-likeness (QED) is 0.161. The molecule has 0 aliphatic rings. The molecule has 1 atom stereocenters. The average molecular weight is 493 g/mol. The van der Waals surface area contributed by atoms with Crippen LogP contribution in [0.2, 0.25) is 0 Å². The number of hydrogen-bond acceptors (Lipinski definition) is 6. The summed E-state index contributed by atoms with van der Waals surface area (Å²) in [7, 11) is 0. The third-order valence-corrected chi connectivity index (χ3v) is 6.84. The second-order valence-electron chi connectivity index (χ2n) is 8.21. The fourth-order valence-corrected chi connectivity index (χ4v) is 4.87. The maximum absolute atomic E-state index is 13.2. The summed E-state index contributed by atoms with van der Waals surface area (Å²) in [6.45, 7) is 5.83. The molecule has 0 aliphatic heterocycles. The van der Waals surface area contributed by atoms with Gasteiger partial charge in [-0.1, -0.05) is 48.2 Å². The van der Waals surface area contributed by atoms with Crippen LogP contribution in [0.25, 0.3) is 5.69 Å². The van der Waals surface area contributed by atoms with Crippen molar-refractivity contribution in [3.8, 4) is 11.4 Å². The van der Waals surface area contributed by atoms with Crippen LogP contribution in [-0.2, 0) is 6.61 Å². The number of hydrogen-bond donors (Lipinski definition) is 0. The van der Waals surface area contributed by atoms with Gasteiger partial charge in [0.2, 0.25) is 6.54 Å². The monoisotopic (exact) mass is 492 g/mol. The van der Waals surface area contributed by atoms with Gasteiger partial charge in [0.25, 0.3) is 0 Å². The van der Waals surface area contributed by atoms with Crippen LogP contribution in [0.5, 0.6) is 5.75 Å². The van der Waals surface area contributed by atoms with Gasteiger partial charge in [0.05, 0.1) is 0 Å². The van der Waals surface area contributed by atoms with Crippen molar-refractivity contribution < 1.29 is 14.1 Å². The van der Waals surface area contributed by atoms with Crippen molar-refractivity contribution in [1.29, 1.82) is 0 Å². The van der Waals surface area contributed by atoms with Crippen molar-refractivity contribution in [2.24, 2.45) is 0 Å². The Balaban J connectivity index is 1.65. The highest BCUT2D eigenvalue weighted by molar-refractivity contribution is 7.99. The Labute approximate surface area is 207 Å². The molecular weight excluding hydrogens is 467 g/mol. The van der Waals surface area contributed by atoms with Crippen LogP contribution in [0, 0.1) is 36.7 Å². The molecule has 0 amide bonds. The van der Waals surface area contributed by atoms with Gasteiger partial charge in [0.15, 0.2) is 5.16 Å². The summed E-state index contributed by atoms with van der Waals surface area (Å²) in [5, 5.41) is 20.2. The maximum Gasteiger partial charge on any atom is 0.220 e. The van der Waals surface area contributed by atoms with Gasteiger partial charge < -0.3 is 4.74 Å². The number of benzene rings is 3. The number of nitrogens with zero attached hydrogens (tertiary/aromatic N) is 4. The average Bonchev–Trinajstić information content (AvgIpc) is 3.20. The molecule has 7 nitrogen and oxygen atoms in total. The molecular formula is C26H25FN4O3S. The van der Waals surface area contributed by atoms with E-state index in [0.29, 0.717) is 22.3 Å². The Morgan fingerprint density at radius 3 is 2.49 bits per heavy atom. The molecule has 4 rings (SSSR count). The first kappa shape index (κ1) is 24.4. The molecule has 0 fully saturated rings. The molecule has 0 bridgehead atoms. The zero-order chi connectivity index (χ0) is 24.9. The molecule has 9 heteroatoms. The normalized spacial score (nSPS) is 11.9. The van der Waals surface area contributed by atoms with Crippen molar-refractivity contribution in [1.82, 2.24) is 14.8 Å². The lowest BCUT2D eigenvalue weighted by Gasteiger charge is -2.18. The smallest absolute Gasteiger partial charge is 0.220 e. The van der Waals surface area contributed by atoms with Gasteiger partial charge in [-0.3, -0.25) is 14.7 Å². The number of aromatic nitrogens is 3. The largest absolute Gasteiger partial charge is 0.489 e. The highest BCUT2D eigenvalue weighted by Crippen LogP contribution is 2.40. The molecule has 0 N–H and O–H groups in total. The van der Waals surface area contributed by atoms with Crippen molar-refractivity contribution >= 4 is 11.8 Å². The van der Waals surface area contributed by atoms with E-state index in [9.17, 15) is 14.5 Å². The van der Waals surface area contributed by atoms with Crippen LogP contribution in [0.4, 0.5) is 4.39 Å². The number of thioether (sulfide) groups is 1. The summed E-state index contributed by atoms with van der Waals surface area (Å²) < 4.78 is 21.1. The van der Waals surface area contributed by atoms with Gasteiger partial charge in [-0.25, -0.2) is 4.39 Å². The molecule has 0 saturated carbocycles. The second kappa shape index (κ2) is 10.7.